The van der Waals surface area contributed by atoms with Gasteiger partial charge in [-0.3, -0.25) is 14.6 Å². The molecule has 3 aliphatic heterocycles. The van der Waals surface area contributed by atoms with Crippen molar-refractivity contribution in [2.24, 2.45) is 0 Å². The first-order chi connectivity index (χ1) is 20.4. The number of fused-ring (bicyclic) bond motifs is 1. The van der Waals surface area contributed by atoms with Crippen molar-refractivity contribution in [1.29, 1.82) is 0 Å². The zero-order valence-electron chi connectivity index (χ0n) is 24.4. The maximum atomic E-state index is 13.2. The van der Waals surface area contributed by atoms with Gasteiger partial charge in [-0.15, -0.1) is 0 Å². The molecule has 3 saturated heterocycles. The first kappa shape index (κ1) is 28.9. The predicted molar refractivity (Wildman–Crippen MR) is 165 cm³/mol. The van der Waals surface area contributed by atoms with E-state index in [1.54, 1.807) is 6.20 Å². The highest BCUT2D eigenvalue weighted by atomic mass is 32.1. The summed E-state index contributed by atoms with van der Waals surface area (Å²) >= 11 is 1.51. The molecule has 3 aromatic rings. The molecule has 6 heterocycles. The molecule has 3 fully saturated rings. The van der Waals surface area contributed by atoms with Gasteiger partial charge in [-0.25, -0.2) is 15.0 Å². The maximum Gasteiger partial charge on any atom is 0.250 e. The Morgan fingerprint density at radius 2 is 1.86 bits per heavy atom. The highest BCUT2D eigenvalue weighted by Crippen LogP contribution is 2.28. The van der Waals surface area contributed by atoms with Gasteiger partial charge in [0.2, 0.25) is 0 Å². The summed E-state index contributed by atoms with van der Waals surface area (Å²) in [5.41, 5.74) is 2.66. The largest absolute Gasteiger partial charge is 0.379 e. The van der Waals surface area contributed by atoms with Gasteiger partial charge in [-0.1, -0.05) is 17.9 Å². The highest BCUT2D eigenvalue weighted by molar-refractivity contribution is 7.21. The van der Waals surface area contributed by atoms with Gasteiger partial charge in [-0.05, 0) is 50.1 Å². The molecule has 0 aliphatic carbocycles. The molecule has 3 unspecified atom stereocenters. The Morgan fingerprint density at radius 1 is 1.07 bits per heavy atom. The Hall–Kier alpha value is -3.16. The number of nitrogens with one attached hydrogen (secondary N) is 2. The molecule has 3 atom stereocenters. The number of hydrogen-bond donors (Lipinski definition) is 2. The number of amides is 1. The standard InChI is InChI=1S/C30H40N8O3S/c1-20(15-36-9-11-40-12-10-36)29(39)38-8-6-24(19-38)32-26-13-23(18-37-16-21(2)41-22(3)17-37)14-27(34-26)35-30-33-25-5-4-7-31-28(25)42-30/h4-5,7,13-14,21-22,24H,1,6,8-12,15-19H2,2-3H3,(H2,32,33,34,35). The van der Waals surface area contributed by atoms with Gasteiger partial charge < -0.3 is 25.0 Å². The van der Waals surface area contributed by atoms with Crippen LogP contribution in [0, 0.1) is 0 Å². The van der Waals surface area contributed by atoms with Gasteiger partial charge in [0.15, 0.2) is 5.13 Å². The number of thiazole rings is 1. The highest BCUT2D eigenvalue weighted by Gasteiger charge is 2.29. The number of carbonyl (C=O) groups excluding carboxylic acids is 1. The molecule has 0 spiro atoms. The van der Waals surface area contributed by atoms with Crippen molar-refractivity contribution in [2.75, 3.05) is 69.7 Å². The molecule has 11 nitrogen and oxygen atoms in total. The first-order valence-corrected chi connectivity index (χ1v) is 15.6. The van der Waals surface area contributed by atoms with E-state index in [0.717, 1.165) is 71.8 Å². The molecule has 6 rings (SSSR count). The molecule has 0 bridgehead atoms. The average molecular weight is 593 g/mol. The van der Waals surface area contributed by atoms with E-state index in [4.69, 9.17) is 14.5 Å². The summed E-state index contributed by atoms with van der Waals surface area (Å²) in [6, 6.07) is 8.18. The normalized spacial score (nSPS) is 23.8. The number of carbonyl (C=O) groups is 1. The van der Waals surface area contributed by atoms with Crippen LogP contribution in [0.4, 0.5) is 16.8 Å². The fourth-order valence-electron chi connectivity index (χ4n) is 6.01. The van der Waals surface area contributed by atoms with Crippen molar-refractivity contribution in [1.82, 2.24) is 29.7 Å². The van der Waals surface area contributed by atoms with Crippen molar-refractivity contribution in [3.8, 4) is 0 Å². The zero-order chi connectivity index (χ0) is 29.1. The van der Waals surface area contributed by atoms with Crippen molar-refractivity contribution < 1.29 is 14.3 Å². The minimum absolute atomic E-state index is 0.0369. The molecule has 0 aromatic carbocycles. The minimum Gasteiger partial charge on any atom is -0.379 e. The topological polar surface area (TPSA) is 108 Å². The Kier molecular flexibility index (Phi) is 8.96. The van der Waals surface area contributed by atoms with Gasteiger partial charge in [0, 0.05) is 70.2 Å². The monoisotopic (exact) mass is 592 g/mol. The van der Waals surface area contributed by atoms with Crippen LogP contribution < -0.4 is 10.6 Å². The Balaban J connectivity index is 1.15. The fraction of sp³-hybridized carbons (Fsp3) is 0.533. The van der Waals surface area contributed by atoms with E-state index >= 15 is 0 Å². The van der Waals surface area contributed by atoms with E-state index < -0.39 is 0 Å². The van der Waals surface area contributed by atoms with Gasteiger partial charge in [0.25, 0.3) is 5.91 Å². The molecule has 1 amide bonds. The van der Waals surface area contributed by atoms with Gasteiger partial charge in [0.05, 0.1) is 25.4 Å². The number of hydrogen-bond acceptors (Lipinski definition) is 11. The SMILES string of the molecule is C=C(CN1CCOCC1)C(=O)N1CCC(Nc2cc(CN3CC(C)OC(C)C3)cc(Nc3nc4cccnc4s3)n2)C1. The second kappa shape index (κ2) is 13.0. The maximum absolute atomic E-state index is 13.2. The summed E-state index contributed by atoms with van der Waals surface area (Å²) in [6.45, 7) is 15.9. The molecule has 12 heteroatoms. The molecular weight excluding hydrogens is 552 g/mol. The average Bonchev–Trinajstić information content (AvgIpc) is 3.59. The van der Waals surface area contributed by atoms with Crippen molar-refractivity contribution >= 4 is 44.4 Å². The second-order valence-corrected chi connectivity index (χ2v) is 12.5. The smallest absolute Gasteiger partial charge is 0.250 e. The zero-order valence-corrected chi connectivity index (χ0v) is 25.2. The molecule has 2 N–H and O–H groups in total. The lowest BCUT2D eigenvalue weighted by Gasteiger charge is -2.35. The number of morpholine rings is 2. The van der Waals surface area contributed by atoms with Crippen LogP contribution in [0.15, 0.2) is 42.6 Å². The second-order valence-electron chi connectivity index (χ2n) is 11.5. The quantitative estimate of drug-likeness (QED) is 0.359. The summed E-state index contributed by atoms with van der Waals surface area (Å²) in [7, 11) is 0. The van der Waals surface area contributed by atoms with Crippen LogP contribution in [0.2, 0.25) is 0 Å². The predicted octanol–water partition coefficient (Wildman–Crippen LogP) is 3.34. The summed E-state index contributed by atoms with van der Waals surface area (Å²) in [5.74, 6) is 1.55. The van der Waals surface area contributed by atoms with Crippen LogP contribution in [0.5, 0.6) is 0 Å². The van der Waals surface area contributed by atoms with E-state index in [2.05, 4.69) is 63.0 Å². The molecule has 3 aliphatic rings. The third-order valence-electron chi connectivity index (χ3n) is 7.84. The van der Waals surface area contributed by atoms with E-state index in [-0.39, 0.29) is 24.2 Å². The van der Waals surface area contributed by atoms with Crippen molar-refractivity contribution in [2.45, 2.75) is 45.1 Å². The van der Waals surface area contributed by atoms with Gasteiger partial charge in [0.1, 0.15) is 22.0 Å². The third-order valence-corrected chi connectivity index (χ3v) is 8.73. The number of aromatic nitrogens is 3. The Labute approximate surface area is 250 Å². The third kappa shape index (κ3) is 7.24. The number of ether oxygens (including phenoxy) is 2. The van der Waals surface area contributed by atoms with E-state index in [1.165, 1.54) is 11.3 Å². The molecule has 42 heavy (non-hydrogen) atoms. The van der Waals surface area contributed by atoms with Crippen LogP contribution in [0.1, 0.15) is 25.8 Å². The summed E-state index contributed by atoms with van der Waals surface area (Å²) in [5, 5.41) is 7.79. The first-order valence-electron chi connectivity index (χ1n) is 14.8. The van der Waals surface area contributed by atoms with Crippen LogP contribution in [0.3, 0.4) is 0 Å². The number of anilines is 3. The molecule has 0 saturated carbocycles. The number of likely N-dealkylation sites (tertiary alicyclic amines) is 1. The molecule has 0 radical (unpaired) electrons. The van der Waals surface area contributed by atoms with Crippen molar-refractivity contribution in [3.63, 3.8) is 0 Å². The van der Waals surface area contributed by atoms with Crippen LogP contribution in [0.25, 0.3) is 10.3 Å². The fourth-order valence-corrected chi connectivity index (χ4v) is 6.83. The molecule has 3 aromatic heterocycles. The summed E-state index contributed by atoms with van der Waals surface area (Å²) < 4.78 is 11.4. The van der Waals surface area contributed by atoms with Gasteiger partial charge >= 0.3 is 0 Å². The van der Waals surface area contributed by atoms with Crippen LogP contribution in [-0.4, -0.2) is 113 Å². The minimum atomic E-state index is 0.0369. The summed E-state index contributed by atoms with van der Waals surface area (Å²) in [6.07, 6.45) is 3.03. The van der Waals surface area contributed by atoms with Crippen LogP contribution >= 0.6 is 11.3 Å². The number of rotatable bonds is 9. The molecule has 224 valence electrons. The van der Waals surface area contributed by atoms with Crippen molar-refractivity contribution in [3.05, 3.63) is 48.2 Å². The van der Waals surface area contributed by atoms with E-state index in [0.29, 0.717) is 38.4 Å². The van der Waals surface area contributed by atoms with Gasteiger partial charge in [-0.2, -0.15) is 0 Å². The summed E-state index contributed by atoms with van der Waals surface area (Å²) in [4.78, 5) is 34.6. The molecular formula is C30H40N8O3S. The lowest BCUT2D eigenvalue weighted by atomic mass is 10.1. The lowest BCUT2D eigenvalue weighted by molar-refractivity contribution is -0.126. The van der Waals surface area contributed by atoms with E-state index in [1.807, 2.05) is 17.0 Å². The Morgan fingerprint density at radius 3 is 2.64 bits per heavy atom. The number of pyridine rings is 2. The number of nitrogens with zero attached hydrogens (tertiary/aromatic N) is 6. The van der Waals surface area contributed by atoms with Crippen LogP contribution in [-0.2, 0) is 20.8 Å². The lowest BCUT2D eigenvalue weighted by Crippen LogP contribution is -2.44. The Bertz CT molecular complexity index is 1370. The van der Waals surface area contributed by atoms with E-state index in [9.17, 15) is 4.79 Å².